The van der Waals surface area contributed by atoms with Gasteiger partial charge < -0.3 is 19.9 Å². The van der Waals surface area contributed by atoms with Crippen LogP contribution in [0.25, 0.3) is 0 Å². The standard InChI is InChI=1S/C15H16BrNO4/c16-12-9-2-4-20-13(9)11(8-1-3-21-14(8)12)10-5-7(6-17-10)15(18)19/h7,10,17H,1-6H2,(H,18,19). The molecule has 2 N–H and O–H groups in total. The van der Waals surface area contributed by atoms with E-state index in [4.69, 9.17) is 9.47 Å². The summed E-state index contributed by atoms with van der Waals surface area (Å²) in [5, 5.41) is 12.6. The lowest BCUT2D eigenvalue weighted by molar-refractivity contribution is -0.141. The van der Waals surface area contributed by atoms with Crippen LogP contribution in [0.3, 0.4) is 0 Å². The molecule has 3 aliphatic heterocycles. The van der Waals surface area contributed by atoms with E-state index in [2.05, 4.69) is 21.2 Å². The summed E-state index contributed by atoms with van der Waals surface area (Å²) >= 11 is 3.64. The Labute approximate surface area is 130 Å². The molecule has 0 aliphatic carbocycles. The third kappa shape index (κ3) is 1.96. The first-order valence-electron chi connectivity index (χ1n) is 7.25. The zero-order chi connectivity index (χ0) is 14.6. The first-order valence-corrected chi connectivity index (χ1v) is 8.05. The number of fused-ring (bicyclic) bond motifs is 2. The number of carboxylic acids is 1. The first-order chi connectivity index (χ1) is 10.2. The third-order valence-corrected chi connectivity index (χ3v) is 5.45. The molecule has 6 heteroatoms. The zero-order valence-electron chi connectivity index (χ0n) is 11.4. The second-order valence-corrected chi connectivity index (χ2v) is 6.56. The van der Waals surface area contributed by atoms with Gasteiger partial charge in [-0.2, -0.15) is 0 Å². The van der Waals surface area contributed by atoms with E-state index in [9.17, 15) is 9.90 Å². The molecule has 3 heterocycles. The number of hydrogen-bond acceptors (Lipinski definition) is 4. The Bertz CT molecular complexity index is 596. The van der Waals surface area contributed by atoms with Gasteiger partial charge in [0, 0.05) is 42.1 Å². The summed E-state index contributed by atoms with van der Waals surface area (Å²) in [6, 6.07) is 0.0431. The van der Waals surface area contributed by atoms with Crippen molar-refractivity contribution in [1.29, 1.82) is 0 Å². The van der Waals surface area contributed by atoms with E-state index in [1.807, 2.05) is 0 Å². The van der Waals surface area contributed by atoms with E-state index in [0.717, 1.165) is 39.9 Å². The van der Waals surface area contributed by atoms with E-state index in [0.29, 0.717) is 26.2 Å². The van der Waals surface area contributed by atoms with Crippen LogP contribution in [-0.2, 0) is 17.6 Å². The Morgan fingerprint density at radius 3 is 2.62 bits per heavy atom. The third-order valence-electron chi connectivity index (χ3n) is 4.61. The highest BCUT2D eigenvalue weighted by Gasteiger charge is 2.38. The maximum atomic E-state index is 11.2. The molecule has 1 aromatic carbocycles. The lowest BCUT2D eigenvalue weighted by Crippen LogP contribution is -2.18. The van der Waals surface area contributed by atoms with Crippen molar-refractivity contribution >= 4 is 21.9 Å². The topological polar surface area (TPSA) is 67.8 Å². The second kappa shape index (κ2) is 4.88. The zero-order valence-corrected chi connectivity index (χ0v) is 13.0. The number of aliphatic carboxylic acids is 1. The van der Waals surface area contributed by atoms with E-state index < -0.39 is 5.97 Å². The normalized spacial score (nSPS) is 26.1. The molecular weight excluding hydrogens is 338 g/mol. The van der Waals surface area contributed by atoms with Crippen molar-refractivity contribution in [3.63, 3.8) is 0 Å². The highest BCUT2D eigenvalue weighted by Crippen LogP contribution is 2.50. The predicted octanol–water partition coefficient (Wildman–Crippen LogP) is 2.05. The van der Waals surface area contributed by atoms with Gasteiger partial charge >= 0.3 is 5.97 Å². The van der Waals surface area contributed by atoms with Crippen LogP contribution in [0, 0.1) is 5.92 Å². The number of benzene rings is 1. The van der Waals surface area contributed by atoms with Gasteiger partial charge in [0.2, 0.25) is 0 Å². The summed E-state index contributed by atoms with van der Waals surface area (Å²) in [5.74, 6) is 0.811. The maximum Gasteiger partial charge on any atom is 0.307 e. The van der Waals surface area contributed by atoms with Crippen LogP contribution >= 0.6 is 15.9 Å². The van der Waals surface area contributed by atoms with Crippen molar-refractivity contribution in [3.05, 3.63) is 21.2 Å². The molecular formula is C15H16BrNO4. The molecule has 2 unspecified atom stereocenters. The van der Waals surface area contributed by atoms with Gasteiger partial charge in [-0.25, -0.2) is 0 Å². The van der Waals surface area contributed by atoms with E-state index in [-0.39, 0.29) is 12.0 Å². The minimum atomic E-state index is -0.729. The second-order valence-electron chi connectivity index (χ2n) is 5.77. The largest absolute Gasteiger partial charge is 0.493 e. The molecule has 0 spiro atoms. The molecule has 1 fully saturated rings. The highest BCUT2D eigenvalue weighted by molar-refractivity contribution is 9.10. The van der Waals surface area contributed by atoms with Gasteiger partial charge in [-0.1, -0.05) is 0 Å². The number of halogens is 1. The number of carbonyl (C=O) groups is 1. The van der Waals surface area contributed by atoms with Crippen molar-refractivity contribution in [3.8, 4) is 11.5 Å². The minimum Gasteiger partial charge on any atom is -0.493 e. The van der Waals surface area contributed by atoms with Crippen molar-refractivity contribution in [1.82, 2.24) is 5.32 Å². The fourth-order valence-corrected chi connectivity index (χ4v) is 4.33. The van der Waals surface area contributed by atoms with E-state index in [1.165, 1.54) is 5.56 Å². The van der Waals surface area contributed by atoms with Crippen molar-refractivity contribution in [2.24, 2.45) is 5.92 Å². The number of rotatable bonds is 2. The summed E-state index contributed by atoms with van der Waals surface area (Å²) in [7, 11) is 0. The molecule has 1 aromatic rings. The van der Waals surface area contributed by atoms with Gasteiger partial charge in [-0.05, 0) is 22.4 Å². The van der Waals surface area contributed by atoms with Crippen LogP contribution in [0.1, 0.15) is 29.2 Å². The van der Waals surface area contributed by atoms with Crippen LogP contribution in [0.15, 0.2) is 4.47 Å². The highest BCUT2D eigenvalue weighted by atomic mass is 79.9. The summed E-state index contributed by atoms with van der Waals surface area (Å²) in [6.45, 7) is 1.87. The Kier molecular flexibility index (Phi) is 3.11. The Hall–Kier alpha value is -1.27. The van der Waals surface area contributed by atoms with Gasteiger partial charge in [-0.3, -0.25) is 4.79 Å². The Morgan fingerprint density at radius 1 is 1.19 bits per heavy atom. The summed E-state index contributed by atoms with van der Waals surface area (Å²) < 4.78 is 12.7. The van der Waals surface area contributed by atoms with Crippen LogP contribution in [0.5, 0.6) is 11.5 Å². The fourth-order valence-electron chi connectivity index (χ4n) is 3.60. The number of hydrogen-bond donors (Lipinski definition) is 2. The average Bonchev–Trinajstić information content (AvgIpc) is 3.19. The number of nitrogens with one attached hydrogen (secondary N) is 1. The van der Waals surface area contributed by atoms with Gasteiger partial charge in [-0.15, -0.1) is 0 Å². The smallest absolute Gasteiger partial charge is 0.307 e. The van der Waals surface area contributed by atoms with Gasteiger partial charge in [0.05, 0.1) is 23.6 Å². The first kappa shape index (κ1) is 13.4. The van der Waals surface area contributed by atoms with Crippen LogP contribution in [0.4, 0.5) is 0 Å². The minimum absolute atomic E-state index is 0.0431. The predicted molar refractivity (Wildman–Crippen MR) is 79.0 cm³/mol. The molecule has 0 aromatic heterocycles. The molecule has 0 amide bonds. The van der Waals surface area contributed by atoms with Crippen LogP contribution < -0.4 is 14.8 Å². The quantitative estimate of drug-likeness (QED) is 0.851. The number of ether oxygens (including phenoxy) is 2. The van der Waals surface area contributed by atoms with Gasteiger partial charge in [0.25, 0.3) is 0 Å². The lowest BCUT2D eigenvalue weighted by atomic mass is 9.91. The molecule has 0 radical (unpaired) electrons. The Morgan fingerprint density at radius 2 is 1.90 bits per heavy atom. The molecule has 2 atom stereocenters. The van der Waals surface area contributed by atoms with Gasteiger partial charge in [0.15, 0.2) is 0 Å². The molecule has 4 rings (SSSR count). The molecule has 3 aliphatic rings. The molecule has 5 nitrogen and oxygen atoms in total. The Balaban J connectivity index is 1.81. The summed E-state index contributed by atoms with van der Waals surface area (Å²) in [6.07, 6.45) is 2.34. The van der Waals surface area contributed by atoms with Crippen molar-refractivity contribution in [2.75, 3.05) is 19.8 Å². The van der Waals surface area contributed by atoms with Gasteiger partial charge in [0.1, 0.15) is 11.5 Å². The average molecular weight is 354 g/mol. The van der Waals surface area contributed by atoms with E-state index >= 15 is 0 Å². The summed E-state index contributed by atoms with van der Waals surface area (Å²) in [5.41, 5.74) is 3.46. The molecule has 0 bridgehead atoms. The monoisotopic (exact) mass is 353 g/mol. The number of carboxylic acid groups (broad SMARTS) is 1. The SMILES string of the molecule is O=C(O)C1CNC(c2c3c(c(Br)c4c2OCC4)OCC3)C1. The lowest BCUT2D eigenvalue weighted by Gasteiger charge is -2.20. The molecule has 0 saturated carbocycles. The van der Waals surface area contributed by atoms with Crippen molar-refractivity contribution < 1.29 is 19.4 Å². The molecule has 112 valence electrons. The fraction of sp³-hybridized carbons (Fsp3) is 0.533. The van der Waals surface area contributed by atoms with Crippen LogP contribution in [-0.4, -0.2) is 30.8 Å². The summed E-state index contributed by atoms with van der Waals surface area (Å²) in [4.78, 5) is 11.2. The molecule has 1 saturated heterocycles. The van der Waals surface area contributed by atoms with E-state index in [1.54, 1.807) is 0 Å². The maximum absolute atomic E-state index is 11.2. The van der Waals surface area contributed by atoms with Crippen molar-refractivity contribution in [2.45, 2.75) is 25.3 Å². The van der Waals surface area contributed by atoms with Crippen LogP contribution in [0.2, 0.25) is 0 Å². The molecule has 21 heavy (non-hydrogen) atoms.